The van der Waals surface area contributed by atoms with E-state index in [0.29, 0.717) is 6.42 Å². The molecule has 0 aromatic heterocycles. The molecule has 20 heavy (non-hydrogen) atoms. The topological polar surface area (TPSA) is 55.1 Å². The van der Waals surface area contributed by atoms with Gasteiger partial charge in [0.25, 0.3) is 0 Å². The van der Waals surface area contributed by atoms with E-state index in [-0.39, 0.29) is 18.3 Å². The van der Waals surface area contributed by atoms with Crippen molar-refractivity contribution in [3.63, 3.8) is 0 Å². The molecule has 0 radical (unpaired) electrons. The summed E-state index contributed by atoms with van der Waals surface area (Å²) in [6, 6.07) is 0. The second-order valence-corrected chi connectivity index (χ2v) is 5.56. The average Bonchev–Trinajstić information content (AvgIpc) is 2.43. The zero-order valence-electron chi connectivity index (χ0n) is 13.3. The summed E-state index contributed by atoms with van der Waals surface area (Å²) in [5.41, 5.74) is 2.17. The number of nitrogens with one attached hydrogen (secondary N) is 1. The van der Waals surface area contributed by atoms with E-state index in [1.54, 1.807) is 0 Å². The number of hydrogen-bond donors (Lipinski definition) is 2. The van der Waals surface area contributed by atoms with E-state index in [0.717, 1.165) is 12.8 Å². The molecular formula is C16H35ClN2O. The Morgan fingerprint density at radius 2 is 1.10 bits per heavy atom. The maximum atomic E-state index is 10.9. The molecule has 1 amide bonds. The van der Waals surface area contributed by atoms with Gasteiger partial charge in [0.15, 0.2) is 0 Å². The third-order valence-electron chi connectivity index (χ3n) is 3.67. The molecule has 0 aliphatic heterocycles. The zero-order valence-corrected chi connectivity index (χ0v) is 14.1. The molecule has 0 atom stereocenters. The summed E-state index contributed by atoms with van der Waals surface area (Å²) < 4.78 is 0. The molecule has 0 saturated carbocycles. The van der Waals surface area contributed by atoms with Gasteiger partial charge in [-0.1, -0.05) is 84.0 Å². The Labute approximate surface area is 131 Å². The molecule has 0 aliphatic rings. The second-order valence-electron chi connectivity index (χ2n) is 5.56. The minimum Gasteiger partial charge on any atom is -0.294 e. The third-order valence-corrected chi connectivity index (χ3v) is 3.67. The monoisotopic (exact) mass is 306 g/mol. The third kappa shape index (κ3) is 17.7. The number of hydrazine groups is 1. The largest absolute Gasteiger partial charge is 0.294 e. The molecule has 0 spiro atoms. The quantitative estimate of drug-likeness (QED) is 0.208. The van der Waals surface area contributed by atoms with Crippen molar-refractivity contribution in [2.45, 2.75) is 96.8 Å². The van der Waals surface area contributed by atoms with Crippen LogP contribution in [-0.4, -0.2) is 5.91 Å². The van der Waals surface area contributed by atoms with Gasteiger partial charge in [0.2, 0.25) is 5.91 Å². The van der Waals surface area contributed by atoms with Gasteiger partial charge in [0.05, 0.1) is 0 Å². The molecule has 4 heteroatoms. The predicted octanol–water partition coefficient (Wildman–Crippen LogP) is 4.88. The van der Waals surface area contributed by atoms with Crippen LogP contribution in [0, 0.1) is 0 Å². The molecule has 0 aromatic carbocycles. The van der Waals surface area contributed by atoms with E-state index in [4.69, 9.17) is 5.84 Å². The van der Waals surface area contributed by atoms with Crippen LogP contribution in [0.15, 0.2) is 0 Å². The lowest BCUT2D eigenvalue weighted by Gasteiger charge is -2.03. The average molecular weight is 307 g/mol. The van der Waals surface area contributed by atoms with Crippen LogP contribution in [0.5, 0.6) is 0 Å². The van der Waals surface area contributed by atoms with Crippen LogP contribution in [-0.2, 0) is 4.79 Å². The molecule has 0 saturated heterocycles. The van der Waals surface area contributed by atoms with Crippen LogP contribution in [0.4, 0.5) is 0 Å². The maximum absolute atomic E-state index is 10.9. The molecule has 0 fully saturated rings. The first kappa shape index (κ1) is 22.0. The predicted molar refractivity (Wildman–Crippen MR) is 89.9 cm³/mol. The highest BCUT2D eigenvalue weighted by Crippen LogP contribution is 2.12. The molecule has 0 heterocycles. The molecule has 3 nitrogen and oxygen atoms in total. The fourth-order valence-corrected chi connectivity index (χ4v) is 2.38. The van der Waals surface area contributed by atoms with Gasteiger partial charge in [-0.05, 0) is 6.42 Å². The fraction of sp³-hybridized carbons (Fsp3) is 0.938. The van der Waals surface area contributed by atoms with Crippen molar-refractivity contribution in [2.24, 2.45) is 5.84 Å². The summed E-state index contributed by atoms with van der Waals surface area (Å²) in [5.74, 6) is 4.98. The lowest BCUT2D eigenvalue weighted by Crippen LogP contribution is -2.29. The van der Waals surface area contributed by atoms with Crippen molar-refractivity contribution in [2.75, 3.05) is 0 Å². The van der Waals surface area contributed by atoms with Crippen LogP contribution < -0.4 is 11.3 Å². The van der Waals surface area contributed by atoms with Crippen LogP contribution in [0.3, 0.4) is 0 Å². The Hall–Kier alpha value is -0.280. The number of unbranched alkanes of at least 4 members (excludes halogenated alkanes) is 12. The highest BCUT2D eigenvalue weighted by molar-refractivity contribution is 5.85. The number of hydrogen-bond acceptors (Lipinski definition) is 2. The minimum absolute atomic E-state index is 0. The van der Waals surface area contributed by atoms with E-state index in [1.807, 2.05) is 0 Å². The molecule has 122 valence electrons. The van der Waals surface area contributed by atoms with Gasteiger partial charge in [0, 0.05) is 6.42 Å². The molecular weight excluding hydrogens is 272 g/mol. The lowest BCUT2D eigenvalue weighted by molar-refractivity contribution is -0.121. The van der Waals surface area contributed by atoms with Crippen LogP contribution in [0.2, 0.25) is 0 Å². The molecule has 0 aliphatic carbocycles. The fourth-order valence-electron chi connectivity index (χ4n) is 2.38. The summed E-state index contributed by atoms with van der Waals surface area (Å²) in [6.07, 6.45) is 17.9. The van der Waals surface area contributed by atoms with E-state index in [2.05, 4.69) is 12.3 Å². The van der Waals surface area contributed by atoms with Gasteiger partial charge in [-0.3, -0.25) is 10.2 Å². The number of amides is 1. The maximum Gasteiger partial charge on any atom is 0.233 e. The van der Waals surface area contributed by atoms with Gasteiger partial charge in [0.1, 0.15) is 0 Å². The van der Waals surface area contributed by atoms with Crippen LogP contribution in [0.1, 0.15) is 96.8 Å². The van der Waals surface area contributed by atoms with Gasteiger partial charge >= 0.3 is 0 Å². The van der Waals surface area contributed by atoms with Gasteiger partial charge in [-0.15, -0.1) is 12.4 Å². The van der Waals surface area contributed by atoms with Gasteiger partial charge in [-0.2, -0.15) is 0 Å². The van der Waals surface area contributed by atoms with Gasteiger partial charge < -0.3 is 0 Å². The number of carbonyl (C=O) groups is 1. The Morgan fingerprint density at radius 1 is 0.750 bits per heavy atom. The van der Waals surface area contributed by atoms with Crippen molar-refractivity contribution in [3.05, 3.63) is 0 Å². The smallest absolute Gasteiger partial charge is 0.233 e. The standard InChI is InChI=1S/C16H34N2O.ClH/c1-2-3-4-5-6-7-8-9-10-11-12-13-14-15-16(19)18-17;/h2-15,17H2,1H3,(H,18,19);1H. The zero-order chi connectivity index (χ0) is 14.2. The van der Waals surface area contributed by atoms with E-state index >= 15 is 0 Å². The van der Waals surface area contributed by atoms with Crippen LogP contribution >= 0.6 is 12.4 Å². The van der Waals surface area contributed by atoms with E-state index < -0.39 is 0 Å². The number of nitrogens with two attached hydrogens (primary N) is 1. The Kier molecular flexibility index (Phi) is 20.6. The first-order chi connectivity index (χ1) is 9.31. The molecule has 0 aromatic rings. The molecule has 0 bridgehead atoms. The highest BCUT2D eigenvalue weighted by Gasteiger charge is 1.97. The first-order valence-corrected chi connectivity index (χ1v) is 8.30. The Morgan fingerprint density at radius 3 is 1.45 bits per heavy atom. The molecule has 0 rings (SSSR count). The number of halogens is 1. The molecule has 0 unspecified atom stereocenters. The van der Waals surface area contributed by atoms with E-state index in [1.165, 1.54) is 70.6 Å². The SMILES string of the molecule is CCCCCCCCCCCCCCCC(=O)NN.Cl. The van der Waals surface area contributed by atoms with Crippen molar-refractivity contribution >= 4 is 18.3 Å². The highest BCUT2D eigenvalue weighted by atomic mass is 35.5. The summed E-state index contributed by atoms with van der Waals surface area (Å²) in [6.45, 7) is 2.27. The Bertz CT molecular complexity index is 201. The lowest BCUT2D eigenvalue weighted by atomic mass is 10.0. The van der Waals surface area contributed by atoms with Crippen molar-refractivity contribution < 1.29 is 4.79 Å². The number of carbonyl (C=O) groups excluding carboxylic acids is 1. The normalized spacial score (nSPS) is 10.1. The van der Waals surface area contributed by atoms with Gasteiger partial charge in [-0.25, -0.2) is 5.84 Å². The van der Waals surface area contributed by atoms with Crippen LogP contribution in [0.25, 0.3) is 0 Å². The summed E-state index contributed by atoms with van der Waals surface area (Å²) >= 11 is 0. The minimum atomic E-state index is -0.0388. The van der Waals surface area contributed by atoms with Crippen molar-refractivity contribution in [3.8, 4) is 0 Å². The van der Waals surface area contributed by atoms with Crippen molar-refractivity contribution in [1.82, 2.24) is 5.43 Å². The molecule has 3 N–H and O–H groups in total. The summed E-state index contributed by atoms with van der Waals surface area (Å²) in [4.78, 5) is 10.9. The summed E-state index contributed by atoms with van der Waals surface area (Å²) in [7, 11) is 0. The number of rotatable bonds is 14. The van der Waals surface area contributed by atoms with E-state index in [9.17, 15) is 4.79 Å². The first-order valence-electron chi connectivity index (χ1n) is 8.30. The summed E-state index contributed by atoms with van der Waals surface area (Å²) in [5, 5.41) is 0. The van der Waals surface area contributed by atoms with Crippen molar-refractivity contribution in [1.29, 1.82) is 0 Å². The second kappa shape index (κ2) is 18.7. The Balaban J connectivity index is 0.